The first-order valence-electron chi connectivity index (χ1n) is 10.7. The molecule has 1 heterocycles. The van der Waals surface area contributed by atoms with E-state index in [-0.39, 0.29) is 19.2 Å². The van der Waals surface area contributed by atoms with Crippen LogP contribution >= 0.6 is 0 Å². The Bertz CT molecular complexity index is 1230. The predicted octanol–water partition coefficient (Wildman–Crippen LogP) is 4.67. The van der Waals surface area contributed by atoms with Gasteiger partial charge in [-0.2, -0.15) is 13.2 Å². The lowest BCUT2D eigenvalue weighted by Gasteiger charge is -2.18. The highest BCUT2D eigenvalue weighted by molar-refractivity contribution is 5.77. The minimum absolute atomic E-state index is 0.0506. The van der Waals surface area contributed by atoms with Crippen molar-refractivity contribution < 1.29 is 63.0 Å². The molecule has 0 aromatic heterocycles. The molecule has 40 heavy (non-hydrogen) atoms. The topological polar surface area (TPSA) is 75.7 Å². The Hall–Kier alpha value is -4.04. The van der Waals surface area contributed by atoms with Gasteiger partial charge in [-0.05, 0) is 0 Å². The number of nitrogens with one attached hydrogen (secondary N) is 1. The van der Waals surface area contributed by atoms with Crippen molar-refractivity contribution in [2.45, 2.75) is 18.7 Å². The number of carbonyl (C=O) groups excluding carboxylic acids is 1. The summed E-state index contributed by atoms with van der Waals surface area (Å²) in [5.41, 5.74) is 1.95. The van der Waals surface area contributed by atoms with E-state index in [1.165, 1.54) is 0 Å². The average molecular weight is 589 g/mol. The molecule has 1 saturated heterocycles. The van der Waals surface area contributed by atoms with Gasteiger partial charge in [0.1, 0.15) is 24.9 Å². The molecule has 1 aliphatic carbocycles. The maximum Gasteiger partial charge on any atom is 0.331 e. The minimum atomic E-state index is -2.77. The summed E-state index contributed by atoms with van der Waals surface area (Å²) < 4.78 is 144. The highest BCUT2D eigenvalue weighted by atomic mass is 19.2. The number of halogens is 10. The third-order valence-corrected chi connectivity index (χ3v) is 4.70. The van der Waals surface area contributed by atoms with Gasteiger partial charge in [0.15, 0.2) is 23.6 Å². The van der Waals surface area contributed by atoms with Crippen LogP contribution in [0.15, 0.2) is 40.1 Å². The fourth-order valence-electron chi connectivity index (χ4n) is 2.82. The number of hydrogen-bond acceptors (Lipinski definition) is 6. The van der Waals surface area contributed by atoms with Crippen LogP contribution in [0.2, 0.25) is 0 Å². The second-order valence-corrected chi connectivity index (χ2v) is 7.54. The molecule has 0 bridgehead atoms. The zero-order valence-corrected chi connectivity index (χ0v) is 19.8. The van der Waals surface area contributed by atoms with E-state index in [1.54, 1.807) is 0 Å². The lowest BCUT2D eigenvalue weighted by molar-refractivity contribution is -0.135. The maximum absolute atomic E-state index is 14.0. The molecule has 7 nitrogen and oxygen atoms in total. The van der Waals surface area contributed by atoms with E-state index in [0.29, 0.717) is 0 Å². The van der Waals surface area contributed by atoms with Crippen LogP contribution in [-0.2, 0) is 14.4 Å². The first-order chi connectivity index (χ1) is 18.9. The summed E-state index contributed by atoms with van der Waals surface area (Å²) in [5.74, 6) is -23.6. The normalized spacial score (nSPS) is 22.6. The van der Waals surface area contributed by atoms with Gasteiger partial charge in [-0.3, -0.25) is 4.99 Å². The lowest BCUT2D eigenvalue weighted by atomic mass is 10.1. The summed E-state index contributed by atoms with van der Waals surface area (Å²) in [5, 5.41) is 0. The largest absolute Gasteiger partial charge is 0.419 e. The van der Waals surface area contributed by atoms with Crippen molar-refractivity contribution in [3.05, 3.63) is 64.2 Å². The molecule has 1 N–H and O–H groups in total. The van der Waals surface area contributed by atoms with Gasteiger partial charge >= 0.3 is 5.97 Å². The van der Waals surface area contributed by atoms with Gasteiger partial charge < -0.3 is 19.2 Å². The van der Waals surface area contributed by atoms with Gasteiger partial charge in [0, 0.05) is 12.6 Å². The fraction of sp³-hybridized carbons (Fsp3) is 0.304. The van der Waals surface area contributed by atoms with Gasteiger partial charge in [0.05, 0.1) is 25.5 Å². The molecule has 17 heteroatoms. The molecule has 3 rings (SSSR count). The molecule has 0 saturated carbocycles. The van der Waals surface area contributed by atoms with E-state index >= 15 is 0 Å². The number of benzene rings is 1. The third-order valence-electron chi connectivity index (χ3n) is 4.70. The maximum atomic E-state index is 14.0. The molecule has 1 fully saturated rings. The van der Waals surface area contributed by atoms with Crippen molar-refractivity contribution in [2.24, 2.45) is 4.99 Å². The Morgan fingerprint density at radius 1 is 1.02 bits per heavy atom. The Labute approximate surface area is 219 Å². The number of aliphatic imine (C=N–C) groups is 1. The van der Waals surface area contributed by atoms with Crippen LogP contribution in [0.25, 0.3) is 0 Å². The Morgan fingerprint density at radius 3 is 2.17 bits per heavy atom. The van der Waals surface area contributed by atoms with Crippen LogP contribution in [0.5, 0.6) is 5.75 Å². The molecule has 0 amide bonds. The second kappa shape index (κ2) is 14.4. The summed E-state index contributed by atoms with van der Waals surface area (Å²) in [6.07, 6.45) is 4.39. The first-order valence-corrected chi connectivity index (χ1v) is 10.7. The van der Waals surface area contributed by atoms with Crippen molar-refractivity contribution in [2.75, 3.05) is 26.4 Å². The quantitative estimate of drug-likeness (QED) is 0.0366. The molecular weight excluding hydrogens is 572 g/mol. The molecule has 1 aromatic carbocycles. The van der Waals surface area contributed by atoms with Crippen molar-refractivity contribution in [3.63, 3.8) is 0 Å². The van der Waals surface area contributed by atoms with Gasteiger partial charge in [-0.1, -0.05) is 0 Å². The van der Waals surface area contributed by atoms with E-state index < -0.39 is 102 Å². The zero-order chi connectivity index (χ0) is 30.1. The number of epoxide rings is 1. The number of allylic oxidation sites excluding steroid dienone is 5. The summed E-state index contributed by atoms with van der Waals surface area (Å²) in [6, 6.07) is 0. The number of terminal acetylenes is 1. The summed E-state index contributed by atoms with van der Waals surface area (Å²) >= 11 is 0. The highest BCUT2D eigenvalue weighted by Gasteiger charge is 2.30. The number of hydroxylamine groups is 1. The lowest BCUT2D eigenvalue weighted by Crippen LogP contribution is -2.35. The van der Waals surface area contributed by atoms with E-state index in [0.717, 1.165) is 11.2 Å². The molecule has 0 radical (unpaired) electrons. The van der Waals surface area contributed by atoms with Crippen molar-refractivity contribution >= 4 is 12.3 Å². The monoisotopic (exact) mass is 589 g/mol. The van der Waals surface area contributed by atoms with Crippen LogP contribution in [0.1, 0.15) is 6.42 Å². The Balaban J connectivity index is 0.00000274. The predicted molar refractivity (Wildman–Crippen MR) is 117 cm³/mol. The Morgan fingerprint density at radius 2 is 1.60 bits per heavy atom. The van der Waals surface area contributed by atoms with Gasteiger partial charge in [0.2, 0.25) is 34.8 Å². The minimum Gasteiger partial charge on any atom is -0.419 e. The SMILES string of the molecule is C#C.O=C(CN(/C=N\CNOC1=CC(F)/C(F)=C(/F)C/C(F)=C\1F)CC1CO1)Oc1c(F)c(F)c(F)c(F)c1F. The number of rotatable bonds is 10. The van der Waals surface area contributed by atoms with Crippen LogP contribution in [0.4, 0.5) is 43.9 Å². The van der Waals surface area contributed by atoms with Crippen LogP contribution in [-0.4, -0.2) is 55.8 Å². The van der Waals surface area contributed by atoms with Crippen molar-refractivity contribution in [1.82, 2.24) is 10.4 Å². The number of ether oxygens (including phenoxy) is 2. The number of alkyl halides is 1. The van der Waals surface area contributed by atoms with E-state index in [9.17, 15) is 48.7 Å². The second-order valence-electron chi connectivity index (χ2n) is 7.54. The molecule has 2 aliphatic rings. The Kier molecular flexibility index (Phi) is 11.6. The fourth-order valence-corrected chi connectivity index (χ4v) is 2.82. The molecular formula is C23H17F10N3O4. The smallest absolute Gasteiger partial charge is 0.331 e. The number of nitrogens with zero attached hydrogens (tertiary/aromatic N) is 2. The summed E-state index contributed by atoms with van der Waals surface area (Å²) in [6.45, 7) is -1.20. The molecule has 2 atom stereocenters. The number of esters is 1. The van der Waals surface area contributed by atoms with E-state index in [1.807, 2.05) is 5.48 Å². The zero-order valence-electron chi connectivity index (χ0n) is 19.8. The molecule has 2 unspecified atom stereocenters. The number of carbonyl (C=O) groups is 1. The van der Waals surface area contributed by atoms with Crippen LogP contribution in [0.3, 0.4) is 0 Å². The average Bonchev–Trinajstić information content (AvgIpc) is 3.75. The van der Waals surface area contributed by atoms with Gasteiger partial charge in [-0.25, -0.2) is 35.5 Å². The van der Waals surface area contributed by atoms with E-state index in [2.05, 4.69) is 27.4 Å². The van der Waals surface area contributed by atoms with Crippen LogP contribution < -0.4 is 10.2 Å². The van der Waals surface area contributed by atoms with Crippen molar-refractivity contribution in [3.8, 4) is 18.6 Å². The molecule has 0 spiro atoms. The molecule has 1 aromatic rings. The number of hydrogen-bond donors (Lipinski definition) is 1. The van der Waals surface area contributed by atoms with Gasteiger partial charge in [-0.15, -0.1) is 18.3 Å². The third kappa shape index (κ3) is 8.23. The molecule has 1 aliphatic heterocycles. The molecule has 218 valence electrons. The summed E-state index contributed by atoms with van der Waals surface area (Å²) in [7, 11) is 0. The van der Waals surface area contributed by atoms with E-state index in [4.69, 9.17) is 4.74 Å². The van der Waals surface area contributed by atoms with Gasteiger partial charge in [0.25, 0.3) is 0 Å². The standard InChI is InChI=1S/C21H15F10N3O4.C2H2/c22-9-1-10(23)15(26)12(2-11(24)14(9)25)38-33-6-32-7-34(3-8-5-36-8)4-13(35)37-21-19(30)17(28)16(27)18(29)20(21)31;1-2/h2,7-8,11,33H,1,3-6H2;1-2H/b12-2?,14-9-,15-10-,32-7-;. The first kappa shape index (κ1) is 32.2. The highest BCUT2D eigenvalue weighted by Crippen LogP contribution is 2.32. The van der Waals surface area contributed by atoms with Crippen molar-refractivity contribution in [1.29, 1.82) is 0 Å². The summed E-state index contributed by atoms with van der Waals surface area (Å²) in [4.78, 5) is 21.4. The van der Waals surface area contributed by atoms with Crippen LogP contribution in [0, 0.1) is 41.9 Å².